The first kappa shape index (κ1) is 14.6. The number of nitrogens with one attached hydrogen (secondary N) is 1. The molecule has 4 nitrogen and oxygen atoms in total. The molecule has 0 aliphatic heterocycles. The van der Waals surface area contributed by atoms with E-state index in [9.17, 15) is 8.42 Å². The molecule has 0 aromatic carbocycles. The smallest absolute Gasteiger partial charge is 0.147 e. The Morgan fingerprint density at radius 2 is 2.24 bits per heavy atom. The van der Waals surface area contributed by atoms with Crippen molar-refractivity contribution in [3.63, 3.8) is 0 Å². The van der Waals surface area contributed by atoms with Crippen LogP contribution >= 0.6 is 11.3 Å². The third-order valence-corrected chi connectivity index (χ3v) is 4.79. The Bertz CT molecular complexity index is 440. The van der Waals surface area contributed by atoms with Gasteiger partial charge in [0, 0.05) is 17.3 Å². The molecule has 0 bridgehead atoms. The van der Waals surface area contributed by atoms with E-state index < -0.39 is 9.84 Å². The summed E-state index contributed by atoms with van der Waals surface area (Å²) < 4.78 is 21.9. The topological polar surface area (TPSA) is 59.1 Å². The zero-order chi connectivity index (χ0) is 12.9. The molecule has 1 N–H and O–H groups in total. The fourth-order valence-electron chi connectivity index (χ4n) is 1.43. The fourth-order valence-corrected chi connectivity index (χ4v) is 2.98. The highest BCUT2D eigenvalue weighted by molar-refractivity contribution is 7.90. The lowest BCUT2D eigenvalue weighted by Gasteiger charge is -2.10. The van der Waals surface area contributed by atoms with Crippen LogP contribution in [0.3, 0.4) is 0 Å². The Kier molecular flexibility index (Phi) is 5.55. The quantitative estimate of drug-likeness (QED) is 0.771. The van der Waals surface area contributed by atoms with Crippen LogP contribution in [0.2, 0.25) is 0 Å². The van der Waals surface area contributed by atoms with Crippen molar-refractivity contribution in [2.24, 2.45) is 0 Å². The lowest BCUT2D eigenvalue weighted by Crippen LogP contribution is -2.21. The lowest BCUT2D eigenvalue weighted by atomic mass is 10.3. The van der Waals surface area contributed by atoms with Gasteiger partial charge in [0.15, 0.2) is 0 Å². The van der Waals surface area contributed by atoms with Gasteiger partial charge >= 0.3 is 0 Å². The summed E-state index contributed by atoms with van der Waals surface area (Å²) in [5.41, 5.74) is 0. The first-order valence-corrected chi connectivity index (χ1v) is 8.65. The molecule has 0 fully saturated rings. The Labute approximate surface area is 107 Å². The number of hydrogen-bond donors (Lipinski definition) is 1. The van der Waals surface area contributed by atoms with Crippen molar-refractivity contribution in [1.82, 2.24) is 10.3 Å². The van der Waals surface area contributed by atoms with Crippen molar-refractivity contribution < 1.29 is 8.42 Å². The van der Waals surface area contributed by atoms with Crippen LogP contribution in [0.1, 0.15) is 36.2 Å². The van der Waals surface area contributed by atoms with Crippen molar-refractivity contribution in [3.05, 3.63) is 16.1 Å². The van der Waals surface area contributed by atoms with E-state index in [0.29, 0.717) is 13.0 Å². The van der Waals surface area contributed by atoms with E-state index in [2.05, 4.69) is 24.1 Å². The van der Waals surface area contributed by atoms with Gasteiger partial charge in [0.05, 0.1) is 11.8 Å². The van der Waals surface area contributed by atoms with Gasteiger partial charge in [-0.1, -0.05) is 6.92 Å². The monoisotopic (exact) mass is 276 g/mol. The van der Waals surface area contributed by atoms with Crippen LogP contribution in [-0.2, 0) is 16.3 Å². The third-order valence-electron chi connectivity index (χ3n) is 2.43. The number of hydrogen-bond acceptors (Lipinski definition) is 5. The van der Waals surface area contributed by atoms with Crippen molar-refractivity contribution in [1.29, 1.82) is 0 Å². The van der Waals surface area contributed by atoms with E-state index in [0.717, 1.165) is 11.4 Å². The summed E-state index contributed by atoms with van der Waals surface area (Å²) in [7, 11) is -2.84. The van der Waals surface area contributed by atoms with Crippen LogP contribution in [0.4, 0.5) is 0 Å². The van der Waals surface area contributed by atoms with Gasteiger partial charge in [0.25, 0.3) is 0 Å². The largest absolute Gasteiger partial charge is 0.308 e. The molecule has 1 atom stereocenters. The summed E-state index contributed by atoms with van der Waals surface area (Å²) in [4.78, 5) is 5.63. The van der Waals surface area contributed by atoms with Crippen LogP contribution in [0, 0.1) is 0 Å². The predicted molar refractivity (Wildman–Crippen MR) is 72.2 cm³/mol. The summed E-state index contributed by atoms with van der Waals surface area (Å²) >= 11 is 1.71. The summed E-state index contributed by atoms with van der Waals surface area (Å²) in [6.07, 6.45) is 4.84. The molecule has 0 aliphatic rings. The van der Waals surface area contributed by atoms with Crippen LogP contribution in [0.15, 0.2) is 6.20 Å². The number of sulfone groups is 1. The zero-order valence-electron chi connectivity index (χ0n) is 10.6. The van der Waals surface area contributed by atoms with Crippen LogP contribution in [0.5, 0.6) is 0 Å². The average Bonchev–Trinajstić information content (AvgIpc) is 2.71. The number of nitrogens with zero attached hydrogens (tertiary/aromatic N) is 1. The number of rotatable bonds is 7. The van der Waals surface area contributed by atoms with Crippen LogP contribution in [-0.4, -0.2) is 32.0 Å². The SMILES string of the molecule is CCc1cnc(C(C)NCCCS(C)(=O)=O)s1. The number of aryl methyl sites for hydroxylation is 1. The summed E-state index contributed by atoms with van der Waals surface area (Å²) in [6, 6.07) is 0.194. The lowest BCUT2D eigenvalue weighted by molar-refractivity contribution is 0.560. The molecule has 17 heavy (non-hydrogen) atoms. The van der Waals surface area contributed by atoms with E-state index >= 15 is 0 Å². The van der Waals surface area contributed by atoms with Gasteiger partial charge in [-0.2, -0.15) is 0 Å². The highest BCUT2D eigenvalue weighted by atomic mass is 32.2. The number of thiazole rings is 1. The average molecular weight is 276 g/mol. The van der Waals surface area contributed by atoms with Crippen molar-refractivity contribution in [2.75, 3.05) is 18.6 Å². The molecule has 1 heterocycles. The van der Waals surface area contributed by atoms with Crippen LogP contribution < -0.4 is 5.32 Å². The maximum absolute atomic E-state index is 11.0. The molecule has 0 aliphatic carbocycles. The van der Waals surface area contributed by atoms with E-state index in [-0.39, 0.29) is 11.8 Å². The van der Waals surface area contributed by atoms with Gasteiger partial charge in [-0.25, -0.2) is 13.4 Å². The molecular weight excluding hydrogens is 256 g/mol. The van der Waals surface area contributed by atoms with E-state index in [1.165, 1.54) is 11.1 Å². The molecule has 1 unspecified atom stereocenters. The molecule has 0 saturated carbocycles. The molecule has 0 radical (unpaired) electrons. The van der Waals surface area contributed by atoms with Gasteiger partial charge in [0.1, 0.15) is 14.8 Å². The predicted octanol–water partition coefficient (Wildman–Crippen LogP) is 1.79. The molecule has 1 aromatic heterocycles. The van der Waals surface area contributed by atoms with Gasteiger partial charge in [0.2, 0.25) is 0 Å². The van der Waals surface area contributed by atoms with E-state index in [4.69, 9.17) is 0 Å². The third kappa shape index (κ3) is 5.61. The maximum atomic E-state index is 11.0. The standard InChI is InChI=1S/C11H20N2O2S2/c1-4-10-8-13-11(16-10)9(2)12-6-5-7-17(3,14)15/h8-9,12H,4-7H2,1-3H3. The van der Waals surface area contributed by atoms with Crippen molar-refractivity contribution in [3.8, 4) is 0 Å². The number of aromatic nitrogens is 1. The first-order chi connectivity index (χ1) is 7.92. The fraction of sp³-hybridized carbons (Fsp3) is 0.727. The van der Waals surface area contributed by atoms with Gasteiger partial charge < -0.3 is 5.32 Å². The highest BCUT2D eigenvalue weighted by Gasteiger charge is 2.09. The molecule has 0 saturated heterocycles. The molecule has 98 valence electrons. The first-order valence-electron chi connectivity index (χ1n) is 5.78. The van der Waals surface area contributed by atoms with Crippen LogP contribution in [0.25, 0.3) is 0 Å². The summed E-state index contributed by atoms with van der Waals surface area (Å²) in [5, 5.41) is 4.36. The summed E-state index contributed by atoms with van der Waals surface area (Å²) in [5.74, 6) is 0.241. The second-order valence-corrected chi connectivity index (χ2v) is 7.58. The Hall–Kier alpha value is -0.460. The van der Waals surface area contributed by atoms with Gasteiger partial charge in [-0.05, 0) is 26.3 Å². The normalized spacial score (nSPS) is 13.8. The summed E-state index contributed by atoms with van der Waals surface area (Å²) in [6.45, 7) is 4.87. The van der Waals surface area contributed by atoms with Gasteiger partial charge in [-0.3, -0.25) is 0 Å². The maximum Gasteiger partial charge on any atom is 0.147 e. The minimum Gasteiger partial charge on any atom is -0.308 e. The van der Waals surface area contributed by atoms with Crippen molar-refractivity contribution in [2.45, 2.75) is 32.7 Å². The molecule has 1 aromatic rings. The minimum absolute atomic E-state index is 0.194. The Balaban J connectivity index is 2.32. The molecule has 6 heteroatoms. The Morgan fingerprint density at radius 3 is 2.76 bits per heavy atom. The highest BCUT2D eigenvalue weighted by Crippen LogP contribution is 2.19. The molecule has 1 rings (SSSR count). The second kappa shape index (κ2) is 6.47. The van der Waals surface area contributed by atoms with Gasteiger partial charge in [-0.15, -0.1) is 11.3 Å². The minimum atomic E-state index is -2.84. The Morgan fingerprint density at radius 1 is 1.53 bits per heavy atom. The molecular formula is C11H20N2O2S2. The van der Waals surface area contributed by atoms with E-state index in [1.807, 2.05) is 6.20 Å². The van der Waals surface area contributed by atoms with E-state index in [1.54, 1.807) is 11.3 Å². The second-order valence-electron chi connectivity index (χ2n) is 4.18. The zero-order valence-corrected chi connectivity index (χ0v) is 12.2. The molecule has 0 amide bonds. The van der Waals surface area contributed by atoms with Crippen molar-refractivity contribution >= 4 is 21.2 Å². The molecule has 0 spiro atoms.